The third-order valence-electron chi connectivity index (χ3n) is 7.84. The molecule has 1 unspecified atom stereocenters. The molecule has 2 aliphatic rings. The van der Waals surface area contributed by atoms with Crippen LogP contribution in [0.2, 0.25) is 0 Å². The molecule has 0 bridgehead atoms. The monoisotopic (exact) mass is 636 g/mol. The highest BCUT2D eigenvalue weighted by molar-refractivity contribution is 7.99. The Hall–Kier alpha value is -4.46. The molecule has 2 saturated carbocycles. The molecule has 2 aromatic carbocycles. The number of carbonyl (C=O) groups excluding carboxylic acids is 1. The molecule has 6 aromatic rings. The minimum absolute atomic E-state index is 0.107. The predicted molar refractivity (Wildman–Crippen MR) is 169 cm³/mol. The Balaban J connectivity index is 1.02. The molecule has 0 radical (unpaired) electrons. The number of nitrogens with zero attached hydrogens (tertiary/aromatic N) is 7. The minimum atomic E-state index is -0.291. The number of fused-ring (bicyclic) bond motifs is 1. The first-order valence-electron chi connectivity index (χ1n) is 14.9. The van der Waals surface area contributed by atoms with E-state index in [1.165, 1.54) is 11.8 Å². The molecule has 0 spiro atoms. The first-order chi connectivity index (χ1) is 22.1. The first kappa shape index (κ1) is 28.0. The summed E-state index contributed by atoms with van der Waals surface area (Å²) in [4.78, 5) is 25.7. The van der Waals surface area contributed by atoms with Crippen LogP contribution in [-0.2, 0) is 11.4 Å². The fourth-order valence-corrected chi connectivity index (χ4v) is 6.93. The molecule has 4 heterocycles. The minimum Gasteiger partial charge on any atom is -0.419 e. The summed E-state index contributed by atoms with van der Waals surface area (Å²) in [5.74, 6) is 1.09. The van der Waals surface area contributed by atoms with Gasteiger partial charge in [0.15, 0.2) is 0 Å². The van der Waals surface area contributed by atoms with E-state index in [0.29, 0.717) is 29.3 Å². The summed E-state index contributed by atoms with van der Waals surface area (Å²) in [5.41, 5.74) is 6.87. The largest absolute Gasteiger partial charge is 0.419 e. The van der Waals surface area contributed by atoms with E-state index in [4.69, 9.17) is 14.2 Å². The molecule has 0 aliphatic heterocycles. The molecule has 13 heteroatoms. The smallest absolute Gasteiger partial charge is 0.275 e. The molecule has 1 atom stereocenters. The number of aromatic nitrogens is 7. The number of thiophene rings is 1. The van der Waals surface area contributed by atoms with Crippen molar-refractivity contribution in [1.29, 1.82) is 0 Å². The molecule has 1 amide bonds. The normalized spacial score (nSPS) is 15.4. The van der Waals surface area contributed by atoms with Crippen molar-refractivity contribution in [2.24, 2.45) is 0 Å². The van der Waals surface area contributed by atoms with Crippen molar-refractivity contribution >= 4 is 39.9 Å². The Morgan fingerprint density at radius 1 is 1.04 bits per heavy atom. The zero-order chi connectivity index (χ0) is 30.3. The maximum absolute atomic E-state index is 13.4. The summed E-state index contributed by atoms with van der Waals surface area (Å²) < 4.78 is 7.97. The number of nitrogens with one attached hydrogen (secondary N) is 1. The van der Waals surface area contributed by atoms with Crippen LogP contribution in [0.4, 0.5) is 0 Å². The molecular formula is C32H28N8O3S2. The highest BCUT2D eigenvalue weighted by Crippen LogP contribution is 2.42. The van der Waals surface area contributed by atoms with E-state index in [9.17, 15) is 4.79 Å². The lowest BCUT2D eigenvalue weighted by atomic mass is 10.0. The zero-order valence-corrected chi connectivity index (χ0v) is 25.9. The van der Waals surface area contributed by atoms with Gasteiger partial charge in [-0.1, -0.05) is 48.2 Å². The quantitative estimate of drug-likeness (QED) is 0.118. The van der Waals surface area contributed by atoms with Gasteiger partial charge in [-0.2, -0.15) is 0 Å². The maximum Gasteiger partial charge on any atom is 0.275 e. The number of hydrogen-bond acceptors (Lipinski definition) is 11. The van der Waals surface area contributed by atoms with Crippen molar-refractivity contribution in [3.8, 4) is 21.2 Å². The number of amides is 1. The van der Waals surface area contributed by atoms with E-state index in [1.54, 1.807) is 11.3 Å². The SMILES string of the molecule is CC(Sc1nnnn1C1CC1)c1nnc(-c2ccc(-c3ccc4nc(C5CC5)cc(C(=O)NOCc5ccccc5)c4c3)s2)o1. The topological polar surface area (TPSA) is 134 Å². The summed E-state index contributed by atoms with van der Waals surface area (Å²) in [5, 5.41) is 22.2. The fraction of sp³-hybridized carbons (Fsp3) is 0.281. The maximum atomic E-state index is 13.4. The van der Waals surface area contributed by atoms with Crippen LogP contribution in [0.1, 0.15) is 77.3 Å². The Bertz CT molecular complexity index is 2000. The van der Waals surface area contributed by atoms with Crippen molar-refractivity contribution in [1.82, 2.24) is 40.9 Å². The molecule has 11 nitrogen and oxygen atoms in total. The molecule has 4 aromatic heterocycles. The molecule has 8 rings (SSSR count). The third-order valence-corrected chi connectivity index (χ3v) is 10.00. The van der Waals surface area contributed by atoms with Gasteiger partial charge in [-0.25, -0.2) is 10.2 Å². The van der Waals surface area contributed by atoms with Crippen molar-refractivity contribution < 1.29 is 14.0 Å². The van der Waals surface area contributed by atoms with Gasteiger partial charge < -0.3 is 4.42 Å². The second kappa shape index (κ2) is 11.8. The Morgan fingerprint density at radius 3 is 2.71 bits per heavy atom. The van der Waals surface area contributed by atoms with Crippen LogP contribution in [0, 0.1) is 0 Å². The van der Waals surface area contributed by atoms with Gasteiger partial charge in [0.25, 0.3) is 11.8 Å². The van der Waals surface area contributed by atoms with Crippen LogP contribution in [-0.4, -0.2) is 41.3 Å². The van der Waals surface area contributed by atoms with Gasteiger partial charge in [-0.3, -0.25) is 14.6 Å². The number of hydroxylamine groups is 1. The van der Waals surface area contributed by atoms with E-state index in [-0.39, 0.29) is 17.8 Å². The van der Waals surface area contributed by atoms with Crippen LogP contribution >= 0.6 is 23.1 Å². The Morgan fingerprint density at radius 2 is 1.89 bits per heavy atom. The van der Waals surface area contributed by atoms with E-state index in [2.05, 4.69) is 31.2 Å². The second-order valence-electron chi connectivity index (χ2n) is 11.3. The van der Waals surface area contributed by atoms with Gasteiger partial charge in [0.1, 0.15) is 0 Å². The number of rotatable bonds is 11. The van der Waals surface area contributed by atoms with Crippen LogP contribution in [0.25, 0.3) is 32.1 Å². The molecule has 2 aliphatic carbocycles. The van der Waals surface area contributed by atoms with Crippen LogP contribution < -0.4 is 5.48 Å². The van der Waals surface area contributed by atoms with Crippen molar-refractivity contribution in [3.05, 3.63) is 89.4 Å². The molecule has 0 saturated heterocycles. The lowest BCUT2D eigenvalue weighted by Gasteiger charge is -2.11. The number of carbonyl (C=O) groups is 1. The zero-order valence-electron chi connectivity index (χ0n) is 24.3. The predicted octanol–water partition coefficient (Wildman–Crippen LogP) is 6.93. The average Bonchev–Trinajstić information content (AvgIpc) is 3.93. The van der Waals surface area contributed by atoms with Gasteiger partial charge in [0, 0.05) is 21.9 Å². The molecule has 226 valence electrons. The number of thioether (sulfide) groups is 1. The Kier molecular flexibility index (Phi) is 7.36. The number of hydrogen-bond donors (Lipinski definition) is 1. The summed E-state index contributed by atoms with van der Waals surface area (Å²) in [7, 11) is 0. The summed E-state index contributed by atoms with van der Waals surface area (Å²) in [6, 6.07) is 22.1. The van der Waals surface area contributed by atoms with Gasteiger partial charge in [0.2, 0.25) is 11.0 Å². The molecule has 1 N–H and O–H groups in total. The molecule has 2 fully saturated rings. The average molecular weight is 637 g/mol. The van der Waals surface area contributed by atoms with E-state index >= 15 is 0 Å². The number of pyridine rings is 1. The van der Waals surface area contributed by atoms with Crippen LogP contribution in [0.5, 0.6) is 0 Å². The van der Waals surface area contributed by atoms with Crippen molar-refractivity contribution in [2.45, 2.75) is 61.6 Å². The second-order valence-corrected chi connectivity index (χ2v) is 13.7. The summed E-state index contributed by atoms with van der Waals surface area (Å²) in [6.45, 7) is 2.29. The van der Waals surface area contributed by atoms with Crippen LogP contribution in [0.3, 0.4) is 0 Å². The third kappa shape index (κ3) is 5.98. The number of benzene rings is 2. The van der Waals surface area contributed by atoms with Gasteiger partial charge in [-0.15, -0.1) is 26.6 Å². The lowest BCUT2D eigenvalue weighted by Crippen LogP contribution is -2.24. The van der Waals surface area contributed by atoms with Gasteiger partial charge >= 0.3 is 0 Å². The molecule has 45 heavy (non-hydrogen) atoms. The summed E-state index contributed by atoms with van der Waals surface area (Å²) >= 11 is 3.06. The summed E-state index contributed by atoms with van der Waals surface area (Å²) in [6.07, 6.45) is 4.39. The highest BCUT2D eigenvalue weighted by Gasteiger charge is 2.30. The highest BCUT2D eigenvalue weighted by atomic mass is 32.2. The number of tetrazole rings is 1. The van der Waals surface area contributed by atoms with Gasteiger partial charge in [0.05, 0.1) is 33.9 Å². The standard InChI is InChI=1S/C32H28N8O3S2/c1-18(44-32-36-38-39-40(32)22-10-11-22)30-34-35-31(43-30)28-14-13-27(45-28)21-9-12-25-23(15-21)24(16-26(33-25)20-7-8-20)29(41)37-42-17-19-5-3-2-4-6-19/h2-6,9,12-16,18,20,22H,7-8,10-11,17H2,1H3,(H,37,41). The van der Waals surface area contributed by atoms with E-state index in [1.807, 2.05) is 78.3 Å². The van der Waals surface area contributed by atoms with E-state index in [0.717, 1.165) is 68.3 Å². The lowest BCUT2D eigenvalue weighted by molar-refractivity contribution is 0.0235. The fourth-order valence-electron chi connectivity index (χ4n) is 5.12. The first-order valence-corrected chi connectivity index (χ1v) is 16.6. The Labute approximate surface area is 266 Å². The van der Waals surface area contributed by atoms with Gasteiger partial charge in [-0.05, 0) is 84.5 Å². The van der Waals surface area contributed by atoms with Crippen molar-refractivity contribution in [3.63, 3.8) is 0 Å². The van der Waals surface area contributed by atoms with E-state index < -0.39 is 0 Å². The van der Waals surface area contributed by atoms with Crippen molar-refractivity contribution in [2.75, 3.05) is 0 Å². The van der Waals surface area contributed by atoms with Crippen LogP contribution in [0.15, 0.2) is 76.3 Å². The molecular weight excluding hydrogens is 609 g/mol.